The molecular weight excluding hydrogens is 308 g/mol. The first kappa shape index (κ1) is 16.3. The van der Waals surface area contributed by atoms with E-state index in [-0.39, 0.29) is 0 Å². The van der Waals surface area contributed by atoms with E-state index in [2.05, 4.69) is 47.1 Å². The van der Waals surface area contributed by atoms with E-state index in [1.807, 2.05) is 12.3 Å². The summed E-state index contributed by atoms with van der Waals surface area (Å²) in [5.41, 5.74) is 6.46. The summed E-state index contributed by atoms with van der Waals surface area (Å²) in [5.74, 6) is 0.983. The highest BCUT2D eigenvalue weighted by Gasteiger charge is 2.24. The highest BCUT2D eigenvalue weighted by atomic mass is 16.5. The fourth-order valence-electron chi connectivity index (χ4n) is 3.93. The summed E-state index contributed by atoms with van der Waals surface area (Å²) in [7, 11) is 0. The number of pyridine rings is 1. The van der Waals surface area contributed by atoms with E-state index < -0.39 is 0 Å². The quantitative estimate of drug-likeness (QED) is 0.815. The number of para-hydroxylation sites is 1. The molecule has 3 heterocycles. The Bertz CT molecular complexity index is 722. The maximum Gasteiger partial charge on any atom is 0.131 e. The molecule has 1 aromatic heterocycles. The Morgan fingerprint density at radius 3 is 2.68 bits per heavy atom. The van der Waals surface area contributed by atoms with Crippen LogP contribution in [0.3, 0.4) is 0 Å². The van der Waals surface area contributed by atoms with Gasteiger partial charge >= 0.3 is 0 Å². The molecule has 2 aliphatic rings. The van der Waals surface area contributed by atoms with E-state index in [9.17, 15) is 0 Å². The predicted molar refractivity (Wildman–Crippen MR) is 102 cm³/mol. The number of piperidine rings is 1. The van der Waals surface area contributed by atoms with Crippen molar-refractivity contribution >= 4 is 5.57 Å². The predicted octanol–water partition coefficient (Wildman–Crippen LogP) is 4.67. The highest BCUT2D eigenvalue weighted by molar-refractivity contribution is 5.86. The van der Waals surface area contributed by atoms with Crippen LogP contribution in [0.5, 0.6) is 5.75 Å². The molecule has 0 N–H and O–H groups in total. The van der Waals surface area contributed by atoms with Gasteiger partial charge in [0.25, 0.3) is 0 Å². The van der Waals surface area contributed by atoms with Crippen LogP contribution in [0.25, 0.3) is 5.57 Å². The topological polar surface area (TPSA) is 25.4 Å². The van der Waals surface area contributed by atoms with Crippen molar-refractivity contribution in [3.05, 3.63) is 65.0 Å². The van der Waals surface area contributed by atoms with Gasteiger partial charge in [0, 0.05) is 30.4 Å². The minimum atomic E-state index is 0.548. The van der Waals surface area contributed by atoms with Crippen molar-refractivity contribution in [2.24, 2.45) is 0 Å². The molecule has 0 radical (unpaired) electrons. The zero-order valence-corrected chi connectivity index (χ0v) is 15.0. The average molecular weight is 334 g/mol. The number of likely N-dealkylation sites (tertiary alicyclic amines) is 1. The second kappa shape index (κ2) is 7.40. The molecule has 1 aromatic carbocycles. The second-order valence-corrected chi connectivity index (χ2v) is 6.96. The number of benzene rings is 1. The molecular formula is C22H26N2O. The van der Waals surface area contributed by atoms with Crippen LogP contribution in [-0.2, 0) is 6.61 Å². The Hall–Kier alpha value is -2.13. The SMILES string of the molecule is CCCCN1CCC(=C2c3ccccc3OCc3ncccc32)CC1. The summed E-state index contributed by atoms with van der Waals surface area (Å²) in [6.45, 7) is 6.38. The summed E-state index contributed by atoms with van der Waals surface area (Å²) >= 11 is 0. The van der Waals surface area contributed by atoms with Crippen molar-refractivity contribution in [3.8, 4) is 5.75 Å². The third-order valence-corrected chi connectivity index (χ3v) is 5.32. The lowest BCUT2D eigenvalue weighted by atomic mass is 9.87. The van der Waals surface area contributed by atoms with Crippen molar-refractivity contribution in [2.45, 2.75) is 39.2 Å². The Balaban J connectivity index is 1.73. The minimum Gasteiger partial charge on any atom is -0.487 e. The molecule has 1 saturated heterocycles. The first-order valence-corrected chi connectivity index (χ1v) is 9.47. The van der Waals surface area contributed by atoms with Gasteiger partial charge in [0.05, 0.1) is 5.69 Å². The van der Waals surface area contributed by atoms with Gasteiger partial charge in [-0.05, 0) is 43.5 Å². The maximum absolute atomic E-state index is 6.06. The van der Waals surface area contributed by atoms with Crippen LogP contribution in [0.4, 0.5) is 0 Å². The zero-order chi connectivity index (χ0) is 17.1. The van der Waals surface area contributed by atoms with Crippen molar-refractivity contribution in [3.63, 3.8) is 0 Å². The number of hydrogen-bond acceptors (Lipinski definition) is 3. The molecule has 2 aromatic rings. The molecule has 25 heavy (non-hydrogen) atoms. The summed E-state index contributed by atoms with van der Waals surface area (Å²) in [5, 5.41) is 0. The Labute approximate surface area is 150 Å². The fourth-order valence-corrected chi connectivity index (χ4v) is 3.93. The number of hydrogen-bond donors (Lipinski definition) is 0. The number of fused-ring (bicyclic) bond motifs is 2. The molecule has 0 saturated carbocycles. The van der Waals surface area contributed by atoms with Gasteiger partial charge in [0.2, 0.25) is 0 Å². The van der Waals surface area contributed by atoms with Gasteiger partial charge in [-0.25, -0.2) is 0 Å². The Kier molecular flexibility index (Phi) is 4.84. The highest BCUT2D eigenvalue weighted by Crippen LogP contribution is 2.40. The number of nitrogens with zero attached hydrogens (tertiary/aromatic N) is 2. The van der Waals surface area contributed by atoms with E-state index in [1.165, 1.54) is 36.1 Å². The van der Waals surface area contributed by atoms with Crippen molar-refractivity contribution in [1.29, 1.82) is 0 Å². The van der Waals surface area contributed by atoms with Crippen LogP contribution < -0.4 is 4.74 Å². The molecule has 0 atom stereocenters. The van der Waals surface area contributed by atoms with Gasteiger partial charge in [0.15, 0.2) is 0 Å². The van der Waals surface area contributed by atoms with Crippen LogP contribution in [0, 0.1) is 0 Å². The van der Waals surface area contributed by atoms with Crippen LogP contribution in [0.2, 0.25) is 0 Å². The number of rotatable bonds is 3. The van der Waals surface area contributed by atoms with E-state index in [1.54, 1.807) is 5.57 Å². The van der Waals surface area contributed by atoms with Crippen LogP contribution in [-0.4, -0.2) is 29.5 Å². The fraction of sp³-hybridized carbons (Fsp3) is 0.409. The van der Waals surface area contributed by atoms with E-state index in [4.69, 9.17) is 4.74 Å². The molecule has 1 fully saturated rings. The van der Waals surface area contributed by atoms with E-state index in [0.29, 0.717) is 6.61 Å². The van der Waals surface area contributed by atoms with Crippen molar-refractivity contribution in [1.82, 2.24) is 9.88 Å². The smallest absolute Gasteiger partial charge is 0.131 e. The number of unbranched alkanes of at least 4 members (excludes halogenated alkanes) is 1. The monoisotopic (exact) mass is 334 g/mol. The molecule has 0 aliphatic carbocycles. The third kappa shape index (κ3) is 3.34. The van der Waals surface area contributed by atoms with Crippen molar-refractivity contribution in [2.75, 3.05) is 19.6 Å². The molecule has 4 rings (SSSR count). The Morgan fingerprint density at radius 2 is 1.84 bits per heavy atom. The molecule has 0 spiro atoms. The van der Waals surface area contributed by atoms with Crippen LogP contribution >= 0.6 is 0 Å². The summed E-state index contributed by atoms with van der Waals surface area (Å²) in [6, 6.07) is 12.7. The van der Waals surface area contributed by atoms with Crippen LogP contribution in [0.1, 0.15) is 49.4 Å². The third-order valence-electron chi connectivity index (χ3n) is 5.32. The molecule has 130 valence electrons. The lowest BCUT2D eigenvalue weighted by Gasteiger charge is -2.30. The first-order valence-electron chi connectivity index (χ1n) is 9.47. The molecule has 0 unspecified atom stereocenters. The number of aromatic nitrogens is 1. The molecule has 0 bridgehead atoms. The average Bonchev–Trinajstić information content (AvgIpc) is 2.84. The first-order chi connectivity index (χ1) is 12.4. The van der Waals surface area contributed by atoms with Gasteiger partial charge in [-0.1, -0.05) is 43.2 Å². The summed E-state index contributed by atoms with van der Waals surface area (Å²) < 4.78 is 6.06. The Morgan fingerprint density at radius 1 is 1.04 bits per heavy atom. The summed E-state index contributed by atoms with van der Waals surface area (Å²) in [6.07, 6.45) is 6.72. The lowest BCUT2D eigenvalue weighted by molar-refractivity contribution is 0.253. The van der Waals surface area contributed by atoms with Gasteiger partial charge < -0.3 is 9.64 Å². The molecule has 3 heteroatoms. The normalized spacial score (nSPS) is 17.5. The van der Waals surface area contributed by atoms with Gasteiger partial charge in [-0.15, -0.1) is 0 Å². The number of ether oxygens (including phenoxy) is 1. The second-order valence-electron chi connectivity index (χ2n) is 6.96. The maximum atomic E-state index is 6.06. The molecule has 0 amide bonds. The van der Waals surface area contributed by atoms with Crippen molar-refractivity contribution < 1.29 is 4.74 Å². The summed E-state index contributed by atoms with van der Waals surface area (Å²) in [4.78, 5) is 7.20. The molecule has 3 nitrogen and oxygen atoms in total. The van der Waals surface area contributed by atoms with Gasteiger partial charge in [0.1, 0.15) is 12.4 Å². The minimum absolute atomic E-state index is 0.548. The van der Waals surface area contributed by atoms with Gasteiger partial charge in [-0.3, -0.25) is 4.98 Å². The van der Waals surface area contributed by atoms with Crippen LogP contribution in [0.15, 0.2) is 48.2 Å². The van der Waals surface area contributed by atoms with Gasteiger partial charge in [-0.2, -0.15) is 0 Å². The lowest BCUT2D eigenvalue weighted by Crippen LogP contribution is -2.31. The zero-order valence-electron chi connectivity index (χ0n) is 15.0. The van der Waals surface area contributed by atoms with E-state index >= 15 is 0 Å². The van der Waals surface area contributed by atoms with E-state index in [0.717, 1.165) is 37.4 Å². The largest absolute Gasteiger partial charge is 0.487 e. The molecule has 2 aliphatic heterocycles. The standard InChI is InChI=1S/C22H26N2O/c1-2-3-13-24-14-10-17(11-15-24)22-18-8-6-12-23-20(18)16-25-21-9-5-4-7-19(21)22/h4-9,12H,2-3,10-11,13-16H2,1H3.